The van der Waals surface area contributed by atoms with E-state index in [0.717, 1.165) is 39.0 Å². The van der Waals surface area contributed by atoms with Crippen LogP contribution in [-0.4, -0.2) is 28.2 Å². The topological polar surface area (TPSA) is 28.7 Å². The van der Waals surface area contributed by atoms with E-state index in [1.165, 1.54) is 16.3 Å². The summed E-state index contributed by atoms with van der Waals surface area (Å²) in [5.74, 6) is 0.924. The minimum absolute atomic E-state index is 0.0302. The van der Waals surface area contributed by atoms with E-state index in [-0.39, 0.29) is 5.41 Å². The zero-order valence-electron chi connectivity index (χ0n) is 22.0. The van der Waals surface area contributed by atoms with E-state index in [4.69, 9.17) is 11.6 Å². The van der Waals surface area contributed by atoms with Gasteiger partial charge in [0.2, 0.25) is 0 Å². The molecule has 0 bridgehead atoms. The fraction of sp³-hybridized carbons (Fsp3) is 0.188. The Hall–Kier alpha value is -4.21. The lowest BCUT2D eigenvalue weighted by atomic mass is 9.88. The third kappa shape index (κ3) is 4.40. The van der Waals surface area contributed by atoms with Crippen molar-refractivity contribution in [2.75, 3.05) is 18.6 Å². The van der Waals surface area contributed by atoms with E-state index in [1.807, 2.05) is 31.6 Å². The molecule has 1 aliphatic rings. The normalized spacial score (nSPS) is 13.6. The van der Waals surface area contributed by atoms with Gasteiger partial charge >= 0.3 is 0 Å². The minimum Gasteiger partial charge on any atom is -0.361 e. The Labute approximate surface area is 227 Å². The quantitative estimate of drug-likeness (QED) is 0.225. The molecule has 0 atom stereocenters. The summed E-state index contributed by atoms with van der Waals surface area (Å²) in [5.41, 5.74) is 5.23. The predicted molar refractivity (Wildman–Crippen MR) is 158 cm³/mol. The van der Waals surface area contributed by atoms with Gasteiger partial charge in [-0.15, -0.1) is 0 Å². The summed E-state index contributed by atoms with van der Waals surface area (Å²) in [6, 6.07) is 25.6. The maximum atomic E-state index is 7.64. The van der Waals surface area contributed by atoms with Crippen LogP contribution in [0.5, 0.6) is 0 Å². The van der Waals surface area contributed by atoms with E-state index >= 15 is 0 Å². The first-order valence-corrected chi connectivity index (χ1v) is 13.5. The van der Waals surface area contributed by atoms with Crippen LogP contribution in [0.4, 0.5) is 11.4 Å². The zero-order valence-corrected chi connectivity index (χ0v) is 22.8. The van der Waals surface area contributed by atoms with E-state index in [1.54, 1.807) is 11.8 Å². The van der Waals surface area contributed by atoms with Crippen LogP contribution in [0.1, 0.15) is 26.3 Å². The Morgan fingerprint density at radius 3 is 2.45 bits per heavy atom. The highest BCUT2D eigenvalue weighted by molar-refractivity contribution is 7.99. The van der Waals surface area contributed by atoms with Crippen LogP contribution >= 0.6 is 11.8 Å². The van der Waals surface area contributed by atoms with Gasteiger partial charge in [0.15, 0.2) is 5.69 Å². The number of pyridine rings is 1. The molecule has 0 saturated carbocycles. The fourth-order valence-corrected chi connectivity index (χ4v) is 5.90. The van der Waals surface area contributed by atoms with E-state index in [2.05, 4.69) is 107 Å². The van der Waals surface area contributed by atoms with Gasteiger partial charge in [-0.25, -0.2) is 9.83 Å². The van der Waals surface area contributed by atoms with E-state index < -0.39 is 0 Å². The zero-order chi connectivity index (χ0) is 26.4. The number of aromatic nitrogens is 2. The number of para-hydroxylation sites is 1. The van der Waals surface area contributed by atoms with Crippen molar-refractivity contribution in [2.24, 2.45) is 0 Å². The predicted octanol–water partition coefficient (Wildman–Crippen LogP) is 8.36. The molecule has 0 radical (unpaired) electrons. The minimum atomic E-state index is 0.0302. The second-order valence-corrected chi connectivity index (χ2v) is 11.9. The Bertz CT molecular complexity index is 1750. The first-order chi connectivity index (χ1) is 18.3. The van der Waals surface area contributed by atoms with Crippen molar-refractivity contribution in [2.45, 2.75) is 36.0 Å². The highest BCUT2D eigenvalue weighted by atomic mass is 32.2. The fourth-order valence-electron chi connectivity index (χ4n) is 4.96. The average Bonchev–Trinajstić information content (AvgIpc) is 3.49. The lowest BCUT2D eigenvalue weighted by Crippen LogP contribution is -2.21. The van der Waals surface area contributed by atoms with Gasteiger partial charge in [-0.2, -0.15) is 0 Å². The van der Waals surface area contributed by atoms with Gasteiger partial charge in [0.25, 0.3) is 0 Å². The monoisotopic (exact) mass is 515 g/mol. The molecule has 0 saturated heterocycles. The largest absolute Gasteiger partial charge is 0.361 e. The van der Waals surface area contributed by atoms with Crippen molar-refractivity contribution in [3.05, 3.63) is 108 Å². The van der Waals surface area contributed by atoms with E-state index in [0.29, 0.717) is 5.69 Å². The number of benzene rings is 3. The van der Waals surface area contributed by atoms with Gasteiger partial charge in [-0.1, -0.05) is 56.8 Å². The lowest BCUT2D eigenvalue weighted by Gasteiger charge is -2.20. The molecule has 1 aliphatic heterocycles. The molecular weight excluding hydrogens is 486 g/mol. The average molecular weight is 516 g/mol. The summed E-state index contributed by atoms with van der Waals surface area (Å²) in [6.45, 7) is 15.1. The van der Waals surface area contributed by atoms with Crippen LogP contribution in [0.3, 0.4) is 0 Å². The number of rotatable bonds is 4. The Morgan fingerprint density at radius 2 is 1.68 bits per heavy atom. The van der Waals surface area contributed by atoms with Crippen molar-refractivity contribution in [3.8, 4) is 5.82 Å². The molecule has 3 heterocycles. The Balaban J connectivity index is 1.46. The smallest absolute Gasteiger partial charge is 0.190 e. The first kappa shape index (κ1) is 24.1. The molecule has 0 spiro atoms. The highest BCUT2D eigenvalue weighted by Gasteiger charge is 2.18. The molecule has 38 heavy (non-hydrogen) atoms. The molecule has 6 heteroatoms. The molecule has 0 fully saturated rings. The lowest BCUT2D eigenvalue weighted by molar-refractivity contribution is 0.495. The maximum absolute atomic E-state index is 7.64. The van der Waals surface area contributed by atoms with Crippen LogP contribution in [0.25, 0.3) is 32.5 Å². The van der Waals surface area contributed by atoms with Crippen LogP contribution in [0.15, 0.2) is 101 Å². The summed E-state index contributed by atoms with van der Waals surface area (Å²) in [4.78, 5) is 15.0. The van der Waals surface area contributed by atoms with Gasteiger partial charge in [-0.05, 0) is 59.5 Å². The van der Waals surface area contributed by atoms with E-state index in [9.17, 15) is 0 Å². The molecule has 188 valence electrons. The molecule has 3 aromatic carbocycles. The molecule has 0 N–H and O–H groups in total. The third-order valence-electron chi connectivity index (χ3n) is 6.93. The van der Waals surface area contributed by atoms with Crippen molar-refractivity contribution >= 4 is 44.9 Å². The van der Waals surface area contributed by atoms with Gasteiger partial charge in [-0.3, -0.25) is 4.57 Å². The third-order valence-corrected chi connectivity index (χ3v) is 7.90. The Morgan fingerprint density at radius 1 is 0.868 bits per heavy atom. The van der Waals surface area contributed by atoms with Crippen LogP contribution < -0.4 is 4.90 Å². The molecule has 0 amide bonds. The van der Waals surface area contributed by atoms with Crippen LogP contribution in [0.2, 0.25) is 0 Å². The van der Waals surface area contributed by atoms with Gasteiger partial charge < -0.3 is 9.80 Å². The maximum Gasteiger partial charge on any atom is 0.190 e. The van der Waals surface area contributed by atoms with Crippen molar-refractivity contribution in [1.82, 2.24) is 14.5 Å². The second kappa shape index (κ2) is 9.27. The number of anilines is 1. The molecule has 6 rings (SSSR count). The first-order valence-electron chi connectivity index (χ1n) is 12.7. The molecule has 0 aliphatic carbocycles. The molecular formula is C32H29N5S. The number of nitrogens with zero attached hydrogens (tertiary/aromatic N) is 5. The summed E-state index contributed by atoms with van der Waals surface area (Å²) in [6.07, 6.45) is 6.02. The summed E-state index contributed by atoms with van der Waals surface area (Å²) in [7, 11) is 2.05. The molecule has 0 unspecified atom stereocenters. The summed E-state index contributed by atoms with van der Waals surface area (Å²) in [5, 5.41) is 2.41. The number of hydrogen-bond acceptors (Lipinski definition) is 4. The Kier molecular flexibility index (Phi) is 5.89. The van der Waals surface area contributed by atoms with Crippen molar-refractivity contribution in [3.63, 3.8) is 0 Å². The van der Waals surface area contributed by atoms with Gasteiger partial charge in [0.05, 0.1) is 24.3 Å². The summed E-state index contributed by atoms with van der Waals surface area (Å²) < 4.78 is 2.27. The highest BCUT2D eigenvalue weighted by Crippen LogP contribution is 2.39. The number of fused-ring (bicyclic) bond motifs is 3. The van der Waals surface area contributed by atoms with Crippen LogP contribution in [-0.2, 0) is 5.41 Å². The molecule has 2 aromatic heterocycles. The van der Waals surface area contributed by atoms with Gasteiger partial charge in [0, 0.05) is 51.9 Å². The van der Waals surface area contributed by atoms with Crippen molar-refractivity contribution < 1.29 is 0 Å². The standard InChI is InChI=1S/C32H29N5S/c1-32(2,3)22-12-13-34-31(16-22)37-29-9-7-6-8-27(29)28-11-10-25(20-30(28)37)38-26-18-23(33-4)17-24(19-26)36-15-14-35(5)21-36/h6-20H,21H2,1-3,5H3. The van der Waals surface area contributed by atoms with Gasteiger partial charge in [0.1, 0.15) is 5.82 Å². The molecule has 5 aromatic rings. The second-order valence-electron chi connectivity index (χ2n) is 10.7. The van der Waals surface area contributed by atoms with Crippen LogP contribution in [0, 0.1) is 6.57 Å². The number of hydrogen-bond donors (Lipinski definition) is 0. The summed E-state index contributed by atoms with van der Waals surface area (Å²) >= 11 is 1.69. The van der Waals surface area contributed by atoms with Crippen molar-refractivity contribution in [1.29, 1.82) is 0 Å². The SMILES string of the molecule is [C-]#[N+]c1cc(Sc2ccc3c4ccccc4n(-c4cc(C(C)(C)C)ccn4)c3c2)cc(N2C=CN(C)C2)c1. The molecule has 5 nitrogen and oxygen atoms in total.